The van der Waals surface area contributed by atoms with Crippen LogP contribution in [0.3, 0.4) is 0 Å². The molecule has 2 amide bonds. The Labute approximate surface area is 206 Å². The van der Waals surface area contributed by atoms with E-state index in [1.807, 2.05) is 51.9 Å². The van der Waals surface area contributed by atoms with E-state index >= 15 is 0 Å². The molecule has 0 saturated carbocycles. The van der Waals surface area contributed by atoms with E-state index in [1.54, 1.807) is 11.0 Å². The first-order valence-electron chi connectivity index (χ1n) is 12.0. The number of rotatable bonds is 8. The highest BCUT2D eigenvalue weighted by Crippen LogP contribution is 2.34. The van der Waals surface area contributed by atoms with Crippen LogP contribution in [-0.2, 0) is 16.1 Å². The highest BCUT2D eigenvalue weighted by molar-refractivity contribution is 6.30. The second kappa shape index (κ2) is 10.2. The highest BCUT2D eigenvalue weighted by Gasteiger charge is 2.35. The number of benzene rings is 2. The minimum atomic E-state index is -0.102. The lowest BCUT2D eigenvalue weighted by Gasteiger charge is -2.27. The monoisotopic (exact) mass is 480 g/mol. The lowest BCUT2D eigenvalue weighted by Crippen LogP contribution is -2.39. The molecule has 1 aliphatic heterocycles. The van der Waals surface area contributed by atoms with Gasteiger partial charge in [0.05, 0.1) is 11.0 Å². The van der Waals surface area contributed by atoms with Gasteiger partial charge in [-0.1, -0.05) is 57.5 Å². The molecule has 0 aliphatic carbocycles. The molecule has 1 unspecified atom stereocenters. The fourth-order valence-corrected chi connectivity index (χ4v) is 4.93. The van der Waals surface area contributed by atoms with Gasteiger partial charge in [-0.05, 0) is 42.2 Å². The Morgan fingerprint density at radius 1 is 1.09 bits per heavy atom. The topological polar surface area (TPSA) is 58.4 Å². The molecule has 4 rings (SSSR count). The molecule has 2 aromatic carbocycles. The number of fused-ring (bicyclic) bond motifs is 1. The van der Waals surface area contributed by atoms with Crippen LogP contribution in [-0.4, -0.2) is 45.9 Å². The SMILES string of the molecule is CC(C)CN(CC(C)C)C(=O)Cn1c(C2CC(=O)N(c3cccc(Cl)c3)C2)nc2ccccc21. The number of aromatic nitrogens is 2. The van der Waals surface area contributed by atoms with Gasteiger partial charge in [0.15, 0.2) is 0 Å². The predicted octanol–water partition coefficient (Wildman–Crippen LogP) is 5.35. The minimum Gasteiger partial charge on any atom is -0.341 e. The number of halogens is 1. The number of carbonyl (C=O) groups excluding carboxylic acids is 2. The Hall–Kier alpha value is -2.86. The van der Waals surface area contributed by atoms with Crippen molar-refractivity contribution >= 4 is 40.1 Å². The van der Waals surface area contributed by atoms with Gasteiger partial charge in [-0.25, -0.2) is 4.98 Å². The number of amides is 2. The van der Waals surface area contributed by atoms with Gasteiger partial charge in [0.2, 0.25) is 11.8 Å². The number of imidazole rings is 1. The first-order valence-corrected chi connectivity index (χ1v) is 12.4. The number of anilines is 1. The Morgan fingerprint density at radius 2 is 1.79 bits per heavy atom. The first kappa shape index (κ1) is 24.3. The van der Waals surface area contributed by atoms with Gasteiger partial charge in [0.25, 0.3) is 0 Å². The molecule has 1 fully saturated rings. The quantitative estimate of drug-likeness (QED) is 0.436. The zero-order valence-electron chi connectivity index (χ0n) is 20.4. The van der Waals surface area contributed by atoms with Crippen molar-refractivity contribution < 1.29 is 9.59 Å². The van der Waals surface area contributed by atoms with Gasteiger partial charge in [-0.15, -0.1) is 0 Å². The maximum Gasteiger partial charge on any atom is 0.242 e. The molecule has 34 heavy (non-hydrogen) atoms. The number of hydrogen-bond donors (Lipinski definition) is 0. The highest BCUT2D eigenvalue weighted by atomic mass is 35.5. The predicted molar refractivity (Wildman–Crippen MR) is 137 cm³/mol. The molecule has 1 aromatic heterocycles. The zero-order chi connectivity index (χ0) is 24.4. The van der Waals surface area contributed by atoms with Crippen LogP contribution in [0.5, 0.6) is 0 Å². The summed E-state index contributed by atoms with van der Waals surface area (Å²) in [7, 11) is 0. The van der Waals surface area contributed by atoms with Gasteiger partial charge >= 0.3 is 0 Å². The molecule has 1 saturated heterocycles. The molecule has 0 spiro atoms. The van der Waals surface area contributed by atoms with Gasteiger partial charge in [0, 0.05) is 42.7 Å². The largest absolute Gasteiger partial charge is 0.341 e. The van der Waals surface area contributed by atoms with Crippen LogP contribution < -0.4 is 4.90 Å². The molecule has 0 N–H and O–H groups in total. The van der Waals surface area contributed by atoms with Crippen LogP contribution in [0, 0.1) is 11.8 Å². The number of para-hydroxylation sites is 2. The third-order valence-corrected chi connectivity index (χ3v) is 6.35. The van der Waals surface area contributed by atoms with Crippen LogP contribution >= 0.6 is 11.6 Å². The molecule has 0 radical (unpaired) electrons. The Balaban J connectivity index is 1.65. The standard InChI is InChI=1S/C27H33ClN4O2/c1-18(2)14-30(15-19(3)4)26(34)17-32-24-11-6-5-10-23(24)29-27(32)20-12-25(33)31(16-20)22-9-7-8-21(28)13-22/h5-11,13,18-20H,12,14-17H2,1-4H3. The van der Waals surface area contributed by atoms with Gasteiger partial charge < -0.3 is 14.4 Å². The maximum atomic E-state index is 13.5. The molecule has 3 aromatic rings. The average Bonchev–Trinajstić information content (AvgIpc) is 3.33. The summed E-state index contributed by atoms with van der Waals surface area (Å²) in [6, 6.07) is 15.2. The Bertz CT molecular complexity index is 1180. The molecule has 180 valence electrons. The van der Waals surface area contributed by atoms with E-state index in [0.29, 0.717) is 29.8 Å². The maximum absolute atomic E-state index is 13.5. The summed E-state index contributed by atoms with van der Waals surface area (Å²) < 4.78 is 2.02. The molecular formula is C27H33ClN4O2. The second-order valence-corrected chi connectivity index (χ2v) is 10.5. The van der Waals surface area contributed by atoms with Crippen molar-refractivity contribution in [2.75, 3.05) is 24.5 Å². The van der Waals surface area contributed by atoms with E-state index < -0.39 is 0 Å². The number of carbonyl (C=O) groups is 2. The van der Waals surface area contributed by atoms with Crippen LogP contribution in [0.1, 0.15) is 45.9 Å². The number of hydrogen-bond acceptors (Lipinski definition) is 3. The summed E-state index contributed by atoms with van der Waals surface area (Å²) >= 11 is 6.17. The van der Waals surface area contributed by atoms with E-state index in [4.69, 9.17) is 16.6 Å². The second-order valence-electron chi connectivity index (χ2n) is 10.0. The third-order valence-electron chi connectivity index (χ3n) is 6.11. The summed E-state index contributed by atoms with van der Waals surface area (Å²) in [6.45, 7) is 10.7. The van der Waals surface area contributed by atoms with Gasteiger partial charge in [-0.2, -0.15) is 0 Å². The molecule has 0 bridgehead atoms. The Kier molecular flexibility index (Phi) is 7.27. The van der Waals surface area contributed by atoms with E-state index in [2.05, 4.69) is 27.7 Å². The van der Waals surface area contributed by atoms with Crippen LogP contribution in [0.15, 0.2) is 48.5 Å². The molecule has 2 heterocycles. The fourth-order valence-electron chi connectivity index (χ4n) is 4.74. The molecule has 7 heteroatoms. The van der Waals surface area contributed by atoms with Crippen molar-refractivity contribution in [3.05, 3.63) is 59.4 Å². The van der Waals surface area contributed by atoms with Crippen LogP contribution in [0.4, 0.5) is 5.69 Å². The van der Waals surface area contributed by atoms with Crippen molar-refractivity contribution in [2.24, 2.45) is 11.8 Å². The van der Waals surface area contributed by atoms with E-state index in [9.17, 15) is 9.59 Å². The minimum absolute atomic E-state index is 0.0402. The van der Waals surface area contributed by atoms with Crippen molar-refractivity contribution in [1.29, 1.82) is 0 Å². The lowest BCUT2D eigenvalue weighted by atomic mass is 10.1. The summed E-state index contributed by atoms with van der Waals surface area (Å²) in [6.07, 6.45) is 0.353. The zero-order valence-corrected chi connectivity index (χ0v) is 21.1. The molecular weight excluding hydrogens is 448 g/mol. The van der Waals surface area contributed by atoms with Crippen molar-refractivity contribution in [1.82, 2.24) is 14.5 Å². The third kappa shape index (κ3) is 5.27. The molecule has 6 nitrogen and oxygen atoms in total. The average molecular weight is 481 g/mol. The van der Waals surface area contributed by atoms with E-state index in [-0.39, 0.29) is 24.3 Å². The summed E-state index contributed by atoms with van der Waals surface area (Å²) in [5, 5.41) is 0.599. The smallest absolute Gasteiger partial charge is 0.242 e. The van der Waals surface area contributed by atoms with Crippen LogP contribution in [0.25, 0.3) is 11.0 Å². The summed E-state index contributed by atoms with van der Waals surface area (Å²) in [5.74, 6) is 1.60. The fraction of sp³-hybridized carbons (Fsp3) is 0.444. The molecule has 1 aliphatic rings. The van der Waals surface area contributed by atoms with Crippen molar-refractivity contribution in [2.45, 2.75) is 46.6 Å². The normalized spacial score (nSPS) is 16.3. The van der Waals surface area contributed by atoms with Crippen molar-refractivity contribution in [3.8, 4) is 0 Å². The number of nitrogens with zero attached hydrogens (tertiary/aromatic N) is 4. The molecule has 1 atom stereocenters. The summed E-state index contributed by atoms with van der Waals surface area (Å²) in [5.41, 5.74) is 2.56. The van der Waals surface area contributed by atoms with Crippen molar-refractivity contribution in [3.63, 3.8) is 0 Å². The Morgan fingerprint density at radius 3 is 2.47 bits per heavy atom. The summed E-state index contributed by atoms with van der Waals surface area (Å²) in [4.78, 5) is 35.0. The van der Waals surface area contributed by atoms with Crippen LogP contribution in [0.2, 0.25) is 5.02 Å². The lowest BCUT2D eigenvalue weighted by molar-refractivity contribution is -0.132. The van der Waals surface area contributed by atoms with E-state index in [1.165, 1.54) is 0 Å². The van der Waals surface area contributed by atoms with E-state index in [0.717, 1.165) is 35.6 Å². The first-order chi connectivity index (χ1) is 16.2. The van der Waals surface area contributed by atoms with Gasteiger partial charge in [-0.3, -0.25) is 9.59 Å². The van der Waals surface area contributed by atoms with Gasteiger partial charge in [0.1, 0.15) is 12.4 Å².